The first-order valence-corrected chi connectivity index (χ1v) is 8.96. The summed E-state index contributed by atoms with van der Waals surface area (Å²) in [7, 11) is 0. The van der Waals surface area contributed by atoms with Gasteiger partial charge in [-0.25, -0.2) is 0 Å². The molecule has 0 bridgehead atoms. The molecule has 0 amide bonds. The van der Waals surface area contributed by atoms with Crippen LogP contribution in [0.4, 0.5) is 0 Å². The molecule has 0 aliphatic heterocycles. The Labute approximate surface area is 148 Å². The van der Waals surface area contributed by atoms with Crippen LogP contribution in [0.3, 0.4) is 0 Å². The predicted molar refractivity (Wildman–Crippen MR) is 110 cm³/mol. The lowest BCUT2D eigenvalue weighted by Gasteiger charge is -2.24. The minimum absolute atomic E-state index is 0.523. The fraction of sp³-hybridized carbons (Fsp3) is 0.120. The number of hydrogen-bond acceptors (Lipinski definition) is 0. The molecule has 0 heteroatoms. The molecular weight excluding hydrogens is 300 g/mol. The molecule has 120 valence electrons. The normalized spacial score (nSPS) is 16.8. The monoisotopic (exact) mass is 320 g/mol. The highest BCUT2D eigenvalue weighted by Gasteiger charge is 2.19. The van der Waals surface area contributed by atoms with Crippen molar-refractivity contribution in [3.05, 3.63) is 90.0 Å². The molecule has 0 unspecified atom stereocenters. The van der Waals surface area contributed by atoms with E-state index in [4.69, 9.17) is 0 Å². The van der Waals surface area contributed by atoms with Gasteiger partial charge in [0.25, 0.3) is 0 Å². The van der Waals surface area contributed by atoms with Gasteiger partial charge in [-0.15, -0.1) is 0 Å². The van der Waals surface area contributed by atoms with Crippen LogP contribution in [0.15, 0.2) is 78.9 Å². The zero-order valence-electron chi connectivity index (χ0n) is 14.4. The van der Waals surface area contributed by atoms with Crippen LogP contribution in [-0.2, 0) is 0 Å². The van der Waals surface area contributed by atoms with Crippen molar-refractivity contribution in [3.63, 3.8) is 0 Å². The average Bonchev–Trinajstić information content (AvgIpc) is 2.65. The van der Waals surface area contributed by atoms with Crippen LogP contribution in [0.1, 0.15) is 30.4 Å². The van der Waals surface area contributed by atoms with Gasteiger partial charge in [-0.2, -0.15) is 0 Å². The maximum atomic E-state index is 3.96. The van der Waals surface area contributed by atoms with Crippen molar-refractivity contribution in [2.75, 3.05) is 0 Å². The summed E-state index contributed by atoms with van der Waals surface area (Å²) in [5.41, 5.74) is 4.17. The lowest BCUT2D eigenvalue weighted by Crippen LogP contribution is -2.04. The summed E-state index contributed by atoms with van der Waals surface area (Å²) in [5.74, 6) is 0.523. The smallest absolute Gasteiger partial charge is 0.00989 e. The van der Waals surface area contributed by atoms with Crippen LogP contribution < -0.4 is 0 Å². The molecule has 0 nitrogen and oxygen atoms in total. The fourth-order valence-electron chi connectivity index (χ4n) is 4.40. The topological polar surface area (TPSA) is 0 Å². The van der Waals surface area contributed by atoms with Crippen LogP contribution in [-0.4, -0.2) is 0 Å². The predicted octanol–water partition coefficient (Wildman–Crippen LogP) is 7.22. The molecular formula is C25H20. The first-order valence-electron chi connectivity index (χ1n) is 8.96. The highest BCUT2D eigenvalue weighted by Crippen LogP contribution is 2.40. The summed E-state index contributed by atoms with van der Waals surface area (Å²) in [6.07, 6.45) is 5.37. The summed E-state index contributed by atoms with van der Waals surface area (Å²) in [6, 6.07) is 22.4. The zero-order chi connectivity index (χ0) is 17.0. The Bertz CT molecular complexity index is 1190. The molecule has 1 aliphatic rings. The maximum absolute atomic E-state index is 3.96. The molecule has 0 spiro atoms. The Morgan fingerprint density at radius 2 is 1.60 bits per heavy atom. The molecule has 4 aromatic carbocycles. The fourth-order valence-corrected chi connectivity index (χ4v) is 4.40. The van der Waals surface area contributed by atoms with Crippen molar-refractivity contribution in [1.82, 2.24) is 0 Å². The van der Waals surface area contributed by atoms with E-state index < -0.39 is 0 Å². The second-order valence-electron chi connectivity index (χ2n) is 7.18. The van der Waals surface area contributed by atoms with Gasteiger partial charge in [0, 0.05) is 0 Å². The number of hydrogen-bond donors (Lipinski definition) is 0. The van der Waals surface area contributed by atoms with E-state index in [1.165, 1.54) is 49.0 Å². The third-order valence-electron chi connectivity index (χ3n) is 5.60. The summed E-state index contributed by atoms with van der Waals surface area (Å²) in [6.45, 7) is 6.29. The van der Waals surface area contributed by atoms with Gasteiger partial charge in [0.05, 0.1) is 0 Å². The molecule has 0 fully saturated rings. The molecule has 5 rings (SSSR count). The zero-order valence-corrected chi connectivity index (χ0v) is 14.4. The van der Waals surface area contributed by atoms with Gasteiger partial charge >= 0.3 is 0 Å². The van der Waals surface area contributed by atoms with Crippen LogP contribution in [0.25, 0.3) is 38.4 Å². The SMILES string of the molecule is C=CC1=Cc2ccc3c(ccc4cc5ccccc5cc43)c2[C@H](C)C1. The average molecular weight is 320 g/mol. The Balaban J connectivity index is 1.89. The molecule has 1 aliphatic carbocycles. The van der Waals surface area contributed by atoms with E-state index in [2.05, 4.69) is 80.2 Å². The molecule has 0 radical (unpaired) electrons. The number of benzene rings is 4. The van der Waals surface area contributed by atoms with E-state index in [1.54, 1.807) is 0 Å². The Morgan fingerprint density at radius 3 is 2.40 bits per heavy atom. The quantitative estimate of drug-likeness (QED) is 0.256. The molecule has 4 aromatic rings. The van der Waals surface area contributed by atoms with Crippen LogP contribution in [0.2, 0.25) is 0 Å². The highest BCUT2D eigenvalue weighted by atomic mass is 14.2. The molecule has 0 N–H and O–H groups in total. The standard InChI is InChI=1S/C25H20/c1-3-17-12-16(2)25-21(13-17)9-10-22-23(25)11-8-20-14-18-6-4-5-7-19(18)15-24(20)22/h3-11,13-16H,1,12H2,2H3/t16-/m1/s1. The molecule has 25 heavy (non-hydrogen) atoms. The minimum Gasteiger partial charge on any atom is -0.0988 e. The third kappa shape index (κ3) is 2.14. The van der Waals surface area contributed by atoms with Gasteiger partial charge in [-0.1, -0.05) is 74.2 Å². The van der Waals surface area contributed by atoms with Crippen molar-refractivity contribution in [3.8, 4) is 0 Å². The van der Waals surface area contributed by atoms with E-state index in [-0.39, 0.29) is 0 Å². The summed E-state index contributed by atoms with van der Waals surface area (Å²) in [4.78, 5) is 0. The largest absolute Gasteiger partial charge is 0.0988 e. The van der Waals surface area contributed by atoms with Crippen molar-refractivity contribution in [2.24, 2.45) is 0 Å². The third-order valence-corrected chi connectivity index (χ3v) is 5.60. The van der Waals surface area contributed by atoms with Crippen molar-refractivity contribution in [2.45, 2.75) is 19.3 Å². The Morgan fingerprint density at radius 1 is 0.840 bits per heavy atom. The van der Waals surface area contributed by atoms with E-state index in [0.717, 1.165) is 6.42 Å². The van der Waals surface area contributed by atoms with Crippen molar-refractivity contribution in [1.29, 1.82) is 0 Å². The Kier molecular flexibility index (Phi) is 3.08. The van der Waals surface area contributed by atoms with E-state index in [1.807, 2.05) is 6.08 Å². The van der Waals surface area contributed by atoms with E-state index in [0.29, 0.717) is 5.92 Å². The van der Waals surface area contributed by atoms with Gasteiger partial charge in [-0.05, 0) is 73.5 Å². The number of rotatable bonds is 1. The maximum Gasteiger partial charge on any atom is -0.00989 e. The molecule has 0 saturated heterocycles. The first-order chi connectivity index (χ1) is 12.2. The lowest BCUT2D eigenvalue weighted by molar-refractivity contribution is 0.760. The van der Waals surface area contributed by atoms with Gasteiger partial charge < -0.3 is 0 Å². The van der Waals surface area contributed by atoms with Gasteiger partial charge in [-0.3, -0.25) is 0 Å². The van der Waals surface area contributed by atoms with Crippen molar-refractivity contribution >= 4 is 38.4 Å². The summed E-state index contributed by atoms with van der Waals surface area (Å²) < 4.78 is 0. The molecule has 0 heterocycles. The number of allylic oxidation sites excluding steroid dienone is 2. The second kappa shape index (κ2) is 5.32. The van der Waals surface area contributed by atoms with Crippen LogP contribution in [0, 0.1) is 0 Å². The molecule has 0 aromatic heterocycles. The molecule has 1 atom stereocenters. The molecule has 0 saturated carbocycles. The Hall–Kier alpha value is -2.86. The van der Waals surface area contributed by atoms with Gasteiger partial charge in [0.15, 0.2) is 0 Å². The summed E-state index contributed by atoms with van der Waals surface area (Å²) >= 11 is 0. The van der Waals surface area contributed by atoms with Crippen LogP contribution in [0.5, 0.6) is 0 Å². The highest BCUT2D eigenvalue weighted by molar-refractivity contribution is 6.13. The number of fused-ring (bicyclic) bond motifs is 6. The van der Waals surface area contributed by atoms with Gasteiger partial charge in [0.2, 0.25) is 0 Å². The first kappa shape index (κ1) is 14.5. The van der Waals surface area contributed by atoms with Crippen LogP contribution >= 0.6 is 0 Å². The van der Waals surface area contributed by atoms with Crippen molar-refractivity contribution < 1.29 is 0 Å². The second-order valence-corrected chi connectivity index (χ2v) is 7.18. The summed E-state index contributed by atoms with van der Waals surface area (Å²) in [5, 5.41) is 8.04. The van der Waals surface area contributed by atoms with Gasteiger partial charge in [0.1, 0.15) is 0 Å². The van der Waals surface area contributed by atoms with E-state index in [9.17, 15) is 0 Å². The lowest BCUT2D eigenvalue weighted by atomic mass is 9.80. The van der Waals surface area contributed by atoms with E-state index >= 15 is 0 Å². The minimum atomic E-state index is 0.523.